The highest BCUT2D eigenvalue weighted by molar-refractivity contribution is 6.06. The summed E-state index contributed by atoms with van der Waals surface area (Å²) >= 11 is 0. The van der Waals surface area contributed by atoms with Gasteiger partial charge in [0.1, 0.15) is 0 Å². The lowest BCUT2D eigenvalue weighted by atomic mass is 10.0. The Bertz CT molecular complexity index is 679. The maximum absolute atomic E-state index is 12.8. The molecule has 0 fully saturated rings. The Hall–Kier alpha value is -1.95. The summed E-state index contributed by atoms with van der Waals surface area (Å²) in [5.74, 6) is 0.00913. The third-order valence-corrected chi connectivity index (χ3v) is 3.92. The number of carbonyl (C=O) groups excluding carboxylic acids is 1. The van der Waals surface area contributed by atoms with E-state index in [1.807, 2.05) is 20.8 Å². The number of nitrogens with one attached hydrogen (secondary N) is 1. The summed E-state index contributed by atoms with van der Waals surface area (Å²) in [6, 6.07) is 1.77. The topological polar surface area (TPSA) is 94.0 Å². The number of nitrogens with two attached hydrogens (primary N) is 1. The number of amides is 1. The van der Waals surface area contributed by atoms with E-state index in [9.17, 15) is 4.79 Å². The molecule has 0 bridgehead atoms. The highest BCUT2D eigenvalue weighted by atomic mass is 16.5. The van der Waals surface area contributed by atoms with Crippen LogP contribution in [0.1, 0.15) is 67.7 Å². The molecule has 0 saturated carbocycles. The number of hydrogen-bond acceptors (Lipinski definition) is 5. The van der Waals surface area contributed by atoms with Crippen LogP contribution < -0.4 is 11.1 Å². The van der Waals surface area contributed by atoms with Crippen LogP contribution in [0.4, 0.5) is 0 Å². The maximum Gasteiger partial charge on any atom is 0.259 e. The molecule has 2 aromatic rings. The van der Waals surface area contributed by atoms with Crippen molar-refractivity contribution < 1.29 is 9.32 Å². The van der Waals surface area contributed by atoms with Crippen molar-refractivity contribution >= 4 is 17.0 Å². The van der Waals surface area contributed by atoms with E-state index in [0.717, 1.165) is 30.7 Å². The average molecular weight is 318 g/mol. The van der Waals surface area contributed by atoms with Gasteiger partial charge >= 0.3 is 0 Å². The first-order valence-corrected chi connectivity index (χ1v) is 8.25. The second kappa shape index (κ2) is 7.55. The quantitative estimate of drug-likeness (QED) is 0.818. The highest BCUT2D eigenvalue weighted by Crippen LogP contribution is 2.27. The Morgan fingerprint density at radius 2 is 2.17 bits per heavy atom. The normalized spacial score (nSPS) is 12.8. The second-order valence-corrected chi connectivity index (χ2v) is 6.26. The van der Waals surface area contributed by atoms with Crippen molar-refractivity contribution in [2.24, 2.45) is 5.73 Å². The Labute approximate surface area is 136 Å². The first-order chi connectivity index (χ1) is 11.0. The predicted molar refractivity (Wildman–Crippen MR) is 90.5 cm³/mol. The molecule has 2 heterocycles. The summed E-state index contributed by atoms with van der Waals surface area (Å²) in [6.45, 7) is 8.42. The van der Waals surface area contributed by atoms with E-state index < -0.39 is 0 Å². The number of nitrogens with zero attached hydrogens (tertiary/aromatic N) is 2. The van der Waals surface area contributed by atoms with Gasteiger partial charge in [0.15, 0.2) is 0 Å². The first-order valence-electron chi connectivity index (χ1n) is 8.25. The van der Waals surface area contributed by atoms with Crippen molar-refractivity contribution in [1.82, 2.24) is 15.5 Å². The van der Waals surface area contributed by atoms with Crippen molar-refractivity contribution in [1.29, 1.82) is 0 Å². The fourth-order valence-electron chi connectivity index (χ4n) is 2.63. The van der Waals surface area contributed by atoms with E-state index in [1.165, 1.54) is 0 Å². The molecule has 2 aromatic heterocycles. The number of hydrogen-bond donors (Lipinski definition) is 2. The van der Waals surface area contributed by atoms with Gasteiger partial charge in [-0.3, -0.25) is 4.79 Å². The summed E-state index contributed by atoms with van der Waals surface area (Å²) in [4.78, 5) is 17.1. The molecule has 3 N–H and O–H groups in total. The van der Waals surface area contributed by atoms with Crippen LogP contribution in [0.3, 0.4) is 0 Å². The number of carbonyl (C=O) groups is 1. The van der Waals surface area contributed by atoms with Gasteiger partial charge in [-0.15, -0.1) is 0 Å². The molecule has 6 nitrogen and oxygen atoms in total. The van der Waals surface area contributed by atoms with Crippen LogP contribution in [0.2, 0.25) is 0 Å². The molecule has 126 valence electrons. The second-order valence-electron chi connectivity index (χ2n) is 6.26. The molecule has 1 amide bonds. The monoisotopic (exact) mass is 318 g/mol. The van der Waals surface area contributed by atoms with Gasteiger partial charge in [0.2, 0.25) is 0 Å². The smallest absolute Gasteiger partial charge is 0.259 e. The maximum atomic E-state index is 12.8. The van der Waals surface area contributed by atoms with E-state index in [0.29, 0.717) is 23.2 Å². The average Bonchev–Trinajstić information content (AvgIpc) is 2.94. The standard InChI is InChI=1S/C17H26N4O2/c1-5-6-7-12(9-18)20-16(22)13-8-11(4)19-17-14(13)15(10(2)3)21-23-17/h8,10,12H,5-7,9,18H2,1-4H3,(H,20,22). The van der Waals surface area contributed by atoms with Crippen LogP contribution in [0.15, 0.2) is 10.6 Å². The summed E-state index contributed by atoms with van der Waals surface area (Å²) in [7, 11) is 0. The van der Waals surface area contributed by atoms with Crippen molar-refractivity contribution in [2.45, 2.75) is 58.9 Å². The lowest BCUT2D eigenvalue weighted by molar-refractivity contribution is 0.0937. The molecule has 23 heavy (non-hydrogen) atoms. The van der Waals surface area contributed by atoms with E-state index in [2.05, 4.69) is 22.4 Å². The Kier molecular flexibility index (Phi) is 5.71. The van der Waals surface area contributed by atoms with Gasteiger partial charge in [0.05, 0.1) is 16.6 Å². The molecule has 0 saturated heterocycles. The molecule has 1 atom stereocenters. The van der Waals surface area contributed by atoms with E-state index in [-0.39, 0.29) is 17.9 Å². The van der Waals surface area contributed by atoms with Crippen LogP contribution in [0, 0.1) is 6.92 Å². The minimum Gasteiger partial charge on any atom is -0.348 e. The molecular weight excluding hydrogens is 292 g/mol. The minimum atomic E-state index is -0.142. The van der Waals surface area contributed by atoms with Crippen LogP contribution in [0.25, 0.3) is 11.1 Å². The lowest BCUT2D eigenvalue weighted by Crippen LogP contribution is -2.40. The third-order valence-electron chi connectivity index (χ3n) is 3.92. The van der Waals surface area contributed by atoms with Crippen molar-refractivity contribution in [2.75, 3.05) is 6.54 Å². The largest absolute Gasteiger partial charge is 0.348 e. The van der Waals surface area contributed by atoms with Gasteiger partial charge in [-0.25, -0.2) is 4.98 Å². The van der Waals surface area contributed by atoms with E-state index >= 15 is 0 Å². The zero-order chi connectivity index (χ0) is 17.0. The van der Waals surface area contributed by atoms with Crippen LogP contribution in [-0.4, -0.2) is 28.6 Å². The molecule has 0 spiro atoms. The SMILES string of the molecule is CCCCC(CN)NC(=O)c1cc(C)nc2onc(C(C)C)c12. The number of fused-ring (bicyclic) bond motifs is 1. The molecule has 6 heteroatoms. The van der Waals surface area contributed by atoms with Gasteiger partial charge in [0.25, 0.3) is 11.6 Å². The Morgan fingerprint density at radius 3 is 2.78 bits per heavy atom. The summed E-state index contributed by atoms with van der Waals surface area (Å²) in [6.07, 6.45) is 3.00. The van der Waals surface area contributed by atoms with E-state index in [1.54, 1.807) is 6.07 Å². The minimum absolute atomic E-state index is 0.0201. The Balaban J connectivity index is 2.37. The predicted octanol–water partition coefficient (Wildman–Crippen LogP) is 2.90. The zero-order valence-electron chi connectivity index (χ0n) is 14.3. The molecule has 0 aromatic carbocycles. The van der Waals surface area contributed by atoms with Crippen molar-refractivity contribution in [3.05, 3.63) is 23.0 Å². The summed E-state index contributed by atoms with van der Waals surface area (Å²) in [5, 5.41) is 7.82. The fourth-order valence-corrected chi connectivity index (χ4v) is 2.63. The van der Waals surface area contributed by atoms with Crippen molar-refractivity contribution in [3.63, 3.8) is 0 Å². The molecule has 0 aliphatic rings. The fraction of sp³-hybridized carbons (Fsp3) is 0.588. The van der Waals surface area contributed by atoms with Gasteiger partial charge < -0.3 is 15.6 Å². The summed E-state index contributed by atoms with van der Waals surface area (Å²) in [5.41, 5.74) is 8.25. The number of unbranched alkanes of at least 4 members (excludes halogenated alkanes) is 1. The zero-order valence-corrected chi connectivity index (χ0v) is 14.3. The third kappa shape index (κ3) is 3.88. The number of rotatable bonds is 7. The Morgan fingerprint density at radius 1 is 1.43 bits per heavy atom. The number of aromatic nitrogens is 2. The van der Waals surface area contributed by atoms with Crippen molar-refractivity contribution in [3.8, 4) is 0 Å². The molecule has 0 aliphatic carbocycles. The molecule has 0 radical (unpaired) electrons. The molecular formula is C17H26N4O2. The van der Waals surface area contributed by atoms with Gasteiger partial charge in [0, 0.05) is 18.3 Å². The number of pyridine rings is 1. The molecule has 1 unspecified atom stereocenters. The lowest BCUT2D eigenvalue weighted by Gasteiger charge is -2.17. The van der Waals surface area contributed by atoms with Gasteiger partial charge in [-0.1, -0.05) is 38.8 Å². The first kappa shape index (κ1) is 17.4. The van der Waals surface area contributed by atoms with Crippen LogP contribution >= 0.6 is 0 Å². The van der Waals surface area contributed by atoms with Crippen LogP contribution in [-0.2, 0) is 0 Å². The highest BCUT2D eigenvalue weighted by Gasteiger charge is 2.22. The van der Waals surface area contributed by atoms with Gasteiger partial charge in [-0.2, -0.15) is 0 Å². The van der Waals surface area contributed by atoms with Gasteiger partial charge in [-0.05, 0) is 25.3 Å². The molecule has 0 aliphatic heterocycles. The van der Waals surface area contributed by atoms with Crippen LogP contribution in [0.5, 0.6) is 0 Å². The molecule has 2 rings (SSSR count). The van der Waals surface area contributed by atoms with E-state index in [4.69, 9.17) is 10.3 Å². The summed E-state index contributed by atoms with van der Waals surface area (Å²) < 4.78 is 5.31. The number of aryl methyl sites for hydroxylation is 1.